The Hall–Kier alpha value is -2.18. The number of carbonyl (C=O) groups excluding carboxylic acids is 2. The lowest BCUT2D eigenvalue weighted by atomic mass is 9.85. The van der Waals surface area contributed by atoms with Crippen molar-refractivity contribution in [3.63, 3.8) is 0 Å². The van der Waals surface area contributed by atoms with Crippen LogP contribution in [0.3, 0.4) is 0 Å². The summed E-state index contributed by atoms with van der Waals surface area (Å²) in [5.41, 5.74) is 0.877. The highest BCUT2D eigenvalue weighted by Gasteiger charge is 2.47. The van der Waals surface area contributed by atoms with Crippen molar-refractivity contribution < 1.29 is 24.2 Å². The Morgan fingerprint density at radius 3 is 2.44 bits per heavy atom. The molecule has 0 aromatic heterocycles. The first kappa shape index (κ1) is 17.6. The van der Waals surface area contributed by atoms with Crippen LogP contribution in [-0.4, -0.2) is 48.2 Å². The van der Waals surface area contributed by atoms with Gasteiger partial charge in [0.2, 0.25) is 11.8 Å². The predicted molar refractivity (Wildman–Crippen MR) is 90.7 cm³/mol. The summed E-state index contributed by atoms with van der Waals surface area (Å²) in [4.78, 5) is 25.9. The van der Waals surface area contributed by atoms with Gasteiger partial charge in [-0.2, -0.15) is 0 Å². The van der Waals surface area contributed by atoms with E-state index in [1.54, 1.807) is 7.11 Å². The molecule has 134 valence electrons. The molecule has 0 saturated carbocycles. The van der Waals surface area contributed by atoms with Gasteiger partial charge in [0, 0.05) is 5.56 Å². The van der Waals surface area contributed by atoms with Gasteiger partial charge in [0.05, 0.1) is 44.8 Å². The molecule has 0 bridgehead atoms. The Bertz CT molecular complexity index is 646. The van der Waals surface area contributed by atoms with Crippen molar-refractivity contribution in [2.75, 3.05) is 20.3 Å². The topological polar surface area (TPSA) is 76.1 Å². The van der Waals surface area contributed by atoms with E-state index < -0.39 is 6.10 Å². The molecule has 1 heterocycles. The van der Waals surface area contributed by atoms with E-state index in [1.165, 1.54) is 4.90 Å². The number of β-amino-alcohol motifs (C(OH)–C–C–N with tert-alkyl or cyclic N) is 1. The van der Waals surface area contributed by atoms with E-state index in [9.17, 15) is 14.7 Å². The molecule has 0 radical (unpaired) electrons. The molecule has 1 N–H and O–H groups in total. The number of imide groups is 1. The number of carbonyl (C=O) groups is 2. The fraction of sp³-hybridized carbons (Fsp3) is 0.474. The van der Waals surface area contributed by atoms with Crippen molar-refractivity contribution in [2.24, 2.45) is 11.8 Å². The summed E-state index contributed by atoms with van der Waals surface area (Å²) in [7, 11) is 1.59. The van der Waals surface area contributed by atoms with Gasteiger partial charge >= 0.3 is 0 Å². The highest BCUT2D eigenvalue weighted by Crippen LogP contribution is 2.35. The summed E-state index contributed by atoms with van der Waals surface area (Å²) >= 11 is 0. The predicted octanol–water partition coefficient (Wildman–Crippen LogP) is 1.52. The number of amides is 2. The number of fused-ring (bicyclic) bond motifs is 1. The number of aliphatic hydroxyl groups excluding tert-OH is 1. The van der Waals surface area contributed by atoms with E-state index >= 15 is 0 Å². The molecule has 2 aliphatic rings. The van der Waals surface area contributed by atoms with E-state index in [-0.39, 0.29) is 43.4 Å². The SMILES string of the molecule is COc1ccccc1COC[C@H](O)CN1C(=O)[C@@H]2CC=CC[C@H]2C1=O. The third-order valence-electron chi connectivity index (χ3n) is 4.75. The number of aliphatic hydroxyl groups is 1. The molecule has 1 fully saturated rings. The number of rotatable bonds is 7. The Labute approximate surface area is 147 Å². The van der Waals surface area contributed by atoms with Crippen LogP contribution in [0.1, 0.15) is 18.4 Å². The van der Waals surface area contributed by atoms with Gasteiger partial charge in [-0.25, -0.2) is 0 Å². The highest BCUT2D eigenvalue weighted by atomic mass is 16.5. The van der Waals surface area contributed by atoms with Crippen LogP contribution in [0.2, 0.25) is 0 Å². The van der Waals surface area contributed by atoms with Gasteiger partial charge in [0.15, 0.2) is 0 Å². The molecule has 1 aliphatic carbocycles. The van der Waals surface area contributed by atoms with E-state index in [0.29, 0.717) is 12.8 Å². The van der Waals surface area contributed by atoms with Gasteiger partial charge in [-0.15, -0.1) is 0 Å². The maximum absolute atomic E-state index is 12.4. The van der Waals surface area contributed by atoms with Gasteiger partial charge in [-0.1, -0.05) is 30.4 Å². The minimum atomic E-state index is -0.907. The zero-order valence-corrected chi connectivity index (χ0v) is 14.3. The normalized spacial score (nSPS) is 23.7. The molecule has 25 heavy (non-hydrogen) atoms. The second-order valence-electron chi connectivity index (χ2n) is 6.42. The van der Waals surface area contributed by atoms with Gasteiger partial charge in [-0.3, -0.25) is 14.5 Å². The van der Waals surface area contributed by atoms with Crippen LogP contribution < -0.4 is 4.74 Å². The second kappa shape index (κ2) is 7.80. The Balaban J connectivity index is 1.50. The van der Waals surface area contributed by atoms with E-state index in [4.69, 9.17) is 9.47 Å². The number of methoxy groups -OCH3 is 1. The molecule has 0 unspecified atom stereocenters. The second-order valence-corrected chi connectivity index (χ2v) is 6.42. The van der Waals surface area contributed by atoms with Crippen LogP contribution >= 0.6 is 0 Å². The molecule has 3 rings (SSSR count). The maximum atomic E-state index is 12.4. The van der Waals surface area contributed by atoms with Crippen molar-refractivity contribution in [1.29, 1.82) is 0 Å². The molecule has 3 atom stereocenters. The number of hydrogen-bond acceptors (Lipinski definition) is 5. The van der Waals surface area contributed by atoms with Crippen LogP contribution in [-0.2, 0) is 20.9 Å². The van der Waals surface area contributed by atoms with Crippen LogP contribution in [0.25, 0.3) is 0 Å². The van der Waals surface area contributed by atoms with E-state index in [1.807, 2.05) is 36.4 Å². The Morgan fingerprint density at radius 2 is 1.80 bits per heavy atom. The zero-order valence-electron chi connectivity index (χ0n) is 14.3. The fourth-order valence-electron chi connectivity index (χ4n) is 3.44. The van der Waals surface area contributed by atoms with Crippen LogP contribution in [0.15, 0.2) is 36.4 Å². The molecular formula is C19H23NO5. The van der Waals surface area contributed by atoms with Gasteiger partial charge in [-0.05, 0) is 18.9 Å². The summed E-state index contributed by atoms with van der Waals surface area (Å²) in [6.07, 6.45) is 4.19. The third kappa shape index (κ3) is 3.75. The van der Waals surface area contributed by atoms with Crippen LogP contribution in [0, 0.1) is 11.8 Å². The number of ether oxygens (including phenoxy) is 2. The molecule has 6 heteroatoms. The van der Waals surface area contributed by atoms with Crippen molar-refractivity contribution in [1.82, 2.24) is 4.90 Å². The Morgan fingerprint density at radius 1 is 1.16 bits per heavy atom. The smallest absolute Gasteiger partial charge is 0.233 e. The van der Waals surface area contributed by atoms with E-state index in [0.717, 1.165) is 11.3 Å². The zero-order chi connectivity index (χ0) is 17.8. The number of nitrogens with zero attached hydrogens (tertiary/aromatic N) is 1. The lowest BCUT2D eigenvalue weighted by Crippen LogP contribution is -2.39. The van der Waals surface area contributed by atoms with Gasteiger partial charge in [0.25, 0.3) is 0 Å². The van der Waals surface area contributed by atoms with Gasteiger partial charge in [0.1, 0.15) is 5.75 Å². The molecular weight excluding hydrogens is 322 g/mol. The van der Waals surface area contributed by atoms with Crippen LogP contribution in [0.4, 0.5) is 0 Å². The standard InChI is InChI=1S/C19H23NO5/c1-24-17-9-5-2-6-13(17)11-25-12-14(21)10-20-18(22)15-7-3-4-8-16(15)19(20)23/h2-6,9,14-16,21H,7-8,10-12H2,1H3/t14-,15-,16-/m1/s1. The van der Waals surface area contributed by atoms with E-state index in [2.05, 4.69) is 0 Å². The molecule has 6 nitrogen and oxygen atoms in total. The van der Waals surface area contributed by atoms with Crippen molar-refractivity contribution >= 4 is 11.8 Å². The Kier molecular flexibility index (Phi) is 5.50. The molecule has 1 aliphatic heterocycles. The lowest BCUT2D eigenvalue weighted by Gasteiger charge is -2.19. The maximum Gasteiger partial charge on any atom is 0.233 e. The van der Waals surface area contributed by atoms with Crippen LogP contribution in [0.5, 0.6) is 5.75 Å². The number of para-hydroxylation sites is 1. The third-order valence-corrected chi connectivity index (χ3v) is 4.75. The first-order valence-electron chi connectivity index (χ1n) is 8.49. The first-order chi connectivity index (χ1) is 12.1. The first-order valence-corrected chi connectivity index (χ1v) is 8.49. The average Bonchev–Trinajstić information content (AvgIpc) is 2.87. The molecule has 1 aromatic carbocycles. The molecule has 2 amide bonds. The number of hydrogen-bond donors (Lipinski definition) is 1. The van der Waals surface area contributed by atoms with Crippen molar-refractivity contribution in [3.05, 3.63) is 42.0 Å². The number of allylic oxidation sites excluding steroid dienone is 2. The van der Waals surface area contributed by atoms with Crippen molar-refractivity contribution in [3.8, 4) is 5.75 Å². The summed E-state index contributed by atoms with van der Waals surface area (Å²) in [6, 6.07) is 7.48. The molecule has 1 aromatic rings. The molecule has 1 saturated heterocycles. The summed E-state index contributed by atoms with van der Waals surface area (Å²) in [6.45, 7) is 0.317. The summed E-state index contributed by atoms with van der Waals surface area (Å²) in [5, 5.41) is 10.2. The lowest BCUT2D eigenvalue weighted by molar-refractivity contribution is -0.142. The highest BCUT2D eigenvalue weighted by molar-refractivity contribution is 6.05. The summed E-state index contributed by atoms with van der Waals surface area (Å²) in [5.74, 6) is -0.164. The minimum absolute atomic E-state index is 0.0173. The minimum Gasteiger partial charge on any atom is -0.496 e. The summed E-state index contributed by atoms with van der Waals surface area (Å²) < 4.78 is 10.8. The number of likely N-dealkylation sites (tertiary alicyclic amines) is 1. The monoisotopic (exact) mass is 345 g/mol. The van der Waals surface area contributed by atoms with Gasteiger partial charge < -0.3 is 14.6 Å². The average molecular weight is 345 g/mol. The quantitative estimate of drug-likeness (QED) is 0.599. The fourth-order valence-corrected chi connectivity index (χ4v) is 3.44. The molecule has 0 spiro atoms. The van der Waals surface area contributed by atoms with Crippen molar-refractivity contribution in [2.45, 2.75) is 25.6 Å². The largest absolute Gasteiger partial charge is 0.496 e. The number of benzene rings is 1.